The molecule has 0 rings (SSSR count). The minimum absolute atomic E-state index is 0.542. The number of aliphatic hydroxyl groups is 1. The Morgan fingerprint density at radius 1 is 1.43 bits per heavy atom. The van der Waals surface area contributed by atoms with Crippen LogP contribution >= 0.6 is 0 Å². The van der Waals surface area contributed by atoms with Gasteiger partial charge in [0.2, 0.25) is 0 Å². The van der Waals surface area contributed by atoms with Crippen LogP contribution < -0.4 is 0 Å². The second kappa shape index (κ2) is 7.37. The van der Waals surface area contributed by atoms with Crippen LogP contribution in [-0.4, -0.2) is 11.2 Å². The van der Waals surface area contributed by atoms with Gasteiger partial charge >= 0.3 is 0 Å². The zero-order chi connectivity index (χ0) is 11.0. The molecule has 0 bridgehead atoms. The molecule has 1 nitrogen and oxygen atoms in total. The topological polar surface area (TPSA) is 20.2 Å². The van der Waals surface area contributed by atoms with Gasteiger partial charge in [-0.2, -0.15) is 0 Å². The minimum atomic E-state index is -0.542. The van der Waals surface area contributed by atoms with E-state index in [-0.39, 0.29) is 0 Å². The summed E-state index contributed by atoms with van der Waals surface area (Å²) in [5, 5.41) is 9.38. The van der Waals surface area contributed by atoms with Crippen LogP contribution in [0.25, 0.3) is 0 Å². The van der Waals surface area contributed by atoms with Crippen molar-refractivity contribution in [3.8, 4) is 0 Å². The summed E-state index contributed by atoms with van der Waals surface area (Å²) in [5.41, 5.74) is 5.10. The lowest BCUT2D eigenvalue weighted by molar-refractivity contribution is 0.270. The molecule has 78 valence electrons. The fraction of sp³-hybridized carbons (Fsp3) is 0.462. The van der Waals surface area contributed by atoms with Gasteiger partial charge in [0, 0.05) is 0 Å². The van der Waals surface area contributed by atoms with Gasteiger partial charge in [-0.25, -0.2) is 0 Å². The average Bonchev–Trinajstić information content (AvgIpc) is 2.03. The highest BCUT2D eigenvalue weighted by Gasteiger charge is 1.94. The summed E-state index contributed by atoms with van der Waals surface area (Å²) in [6.07, 6.45) is 7.07. The Morgan fingerprint density at radius 2 is 2.07 bits per heavy atom. The van der Waals surface area contributed by atoms with Gasteiger partial charge in [-0.15, -0.1) is 5.73 Å². The second-order valence-corrected chi connectivity index (χ2v) is 3.69. The highest BCUT2D eigenvalue weighted by atomic mass is 16.3. The maximum Gasteiger partial charge on any atom is 0.0978 e. The second-order valence-electron chi connectivity index (χ2n) is 3.69. The number of allylic oxidation sites excluding steroid dienone is 3. The van der Waals surface area contributed by atoms with Crippen molar-refractivity contribution in [3.63, 3.8) is 0 Å². The zero-order valence-electron chi connectivity index (χ0n) is 9.38. The fourth-order valence-electron chi connectivity index (χ4n) is 1.13. The molecule has 0 aromatic heterocycles. The van der Waals surface area contributed by atoms with E-state index >= 15 is 0 Å². The fourth-order valence-corrected chi connectivity index (χ4v) is 1.13. The largest absolute Gasteiger partial charge is 0.384 e. The van der Waals surface area contributed by atoms with E-state index in [4.69, 9.17) is 0 Å². The zero-order valence-corrected chi connectivity index (χ0v) is 9.38. The summed E-state index contributed by atoms with van der Waals surface area (Å²) in [6, 6.07) is 0. The van der Waals surface area contributed by atoms with Crippen molar-refractivity contribution in [1.82, 2.24) is 0 Å². The molecule has 1 unspecified atom stereocenters. The van der Waals surface area contributed by atoms with E-state index in [1.165, 1.54) is 11.1 Å². The monoisotopic (exact) mass is 192 g/mol. The van der Waals surface area contributed by atoms with Gasteiger partial charge in [-0.3, -0.25) is 0 Å². The molecule has 0 radical (unpaired) electrons. The Balaban J connectivity index is 4.00. The summed E-state index contributed by atoms with van der Waals surface area (Å²) in [7, 11) is 0. The van der Waals surface area contributed by atoms with Crippen LogP contribution in [-0.2, 0) is 0 Å². The van der Waals surface area contributed by atoms with E-state index in [0.29, 0.717) is 0 Å². The molecule has 0 saturated heterocycles. The van der Waals surface area contributed by atoms with Gasteiger partial charge in [0.25, 0.3) is 0 Å². The first-order valence-electron chi connectivity index (χ1n) is 4.91. The minimum Gasteiger partial charge on any atom is -0.384 e. The summed E-state index contributed by atoms with van der Waals surface area (Å²) in [4.78, 5) is 0. The molecule has 14 heavy (non-hydrogen) atoms. The van der Waals surface area contributed by atoms with Gasteiger partial charge in [-0.05, 0) is 39.7 Å². The van der Waals surface area contributed by atoms with Crippen molar-refractivity contribution in [3.05, 3.63) is 41.7 Å². The molecule has 0 heterocycles. The van der Waals surface area contributed by atoms with Gasteiger partial charge < -0.3 is 5.11 Å². The van der Waals surface area contributed by atoms with Crippen LogP contribution in [0.3, 0.4) is 0 Å². The quantitative estimate of drug-likeness (QED) is 0.523. The molecule has 0 aromatic carbocycles. The van der Waals surface area contributed by atoms with Gasteiger partial charge in [-0.1, -0.05) is 29.9 Å². The van der Waals surface area contributed by atoms with Crippen molar-refractivity contribution in [2.45, 2.75) is 39.7 Å². The Labute approximate surface area is 87.2 Å². The highest BCUT2D eigenvalue weighted by Crippen LogP contribution is 2.07. The molecule has 1 heteroatoms. The first-order valence-corrected chi connectivity index (χ1v) is 4.91. The van der Waals surface area contributed by atoms with Crippen LogP contribution in [0.15, 0.2) is 41.7 Å². The van der Waals surface area contributed by atoms with Crippen molar-refractivity contribution < 1.29 is 5.11 Å². The predicted molar refractivity (Wildman–Crippen MR) is 62.1 cm³/mol. The normalized spacial score (nSPS) is 13.0. The molecule has 0 amide bonds. The van der Waals surface area contributed by atoms with Gasteiger partial charge in [0.05, 0.1) is 6.10 Å². The number of hydrogen-bond donors (Lipinski definition) is 1. The number of aliphatic hydroxyl groups excluding tert-OH is 1. The van der Waals surface area contributed by atoms with Crippen LogP contribution in [0.4, 0.5) is 0 Å². The smallest absolute Gasteiger partial charge is 0.0978 e. The first-order chi connectivity index (χ1) is 6.56. The third-order valence-electron chi connectivity index (χ3n) is 1.84. The Bertz CT molecular complexity index is 261. The molecule has 1 atom stereocenters. The molecule has 0 fully saturated rings. The standard InChI is InChI=1S/C13H20O/c1-5-7-13(14)10-12(4)9-6-8-11(2)3/h7-8,10,13-14H,1,6,9H2,2-4H3/b12-10-. The van der Waals surface area contributed by atoms with Crippen molar-refractivity contribution in [2.24, 2.45) is 0 Å². The van der Waals surface area contributed by atoms with E-state index in [0.717, 1.165) is 12.8 Å². The summed E-state index contributed by atoms with van der Waals surface area (Å²) < 4.78 is 0. The van der Waals surface area contributed by atoms with E-state index < -0.39 is 6.10 Å². The van der Waals surface area contributed by atoms with Crippen LogP contribution in [0.2, 0.25) is 0 Å². The van der Waals surface area contributed by atoms with E-state index in [2.05, 4.69) is 32.2 Å². The van der Waals surface area contributed by atoms with Crippen molar-refractivity contribution in [1.29, 1.82) is 0 Å². The van der Waals surface area contributed by atoms with Crippen LogP contribution in [0.1, 0.15) is 33.6 Å². The van der Waals surface area contributed by atoms with Crippen LogP contribution in [0, 0.1) is 0 Å². The van der Waals surface area contributed by atoms with Crippen molar-refractivity contribution >= 4 is 0 Å². The van der Waals surface area contributed by atoms with E-state index in [1.54, 1.807) is 6.08 Å². The Hall–Kier alpha value is -1.04. The lowest BCUT2D eigenvalue weighted by atomic mass is 10.1. The van der Waals surface area contributed by atoms with E-state index in [9.17, 15) is 5.11 Å². The molecular weight excluding hydrogens is 172 g/mol. The summed E-state index contributed by atoms with van der Waals surface area (Å²) in [6.45, 7) is 9.62. The highest BCUT2D eigenvalue weighted by molar-refractivity contribution is 5.09. The predicted octanol–water partition coefficient (Wildman–Crippen LogP) is 3.38. The SMILES string of the molecule is C=C=CC(O)/C=C(/C)CCC=C(C)C. The van der Waals surface area contributed by atoms with Crippen molar-refractivity contribution in [2.75, 3.05) is 0 Å². The third-order valence-corrected chi connectivity index (χ3v) is 1.84. The summed E-state index contributed by atoms with van der Waals surface area (Å²) >= 11 is 0. The first kappa shape index (κ1) is 13.0. The van der Waals surface area contributed by atoms with Gasteiger partial charge in [0.1, 0.15) is 0 Å². The number of rotatable bonds is 5. The molecule has 0 saturated carbocycles. The Kier molecular flexibility index (Phi) is 6.82. The maximum atomic E-state index is 9.38. The molecule has 0 spiro atoms. The lowest BCUT2D eigenvalue weighted by Gasteiger charge is -2.01. The molecule has 0 aliphatic heterocycles. The molecular formula is C13H20O. The third kappa shape index (κ3) is 7.60. The average molecular weight is 192 g/mol. The molecule has 1 N–H and O–H groups in total. The lowest BCUT2D eigenvalue weighted by Crippen LogP contribution is -1.96. The summed E-state index contributed by atoms with van der Waals surface area (Å²) in [5.74, 6) is 0. The Morgan fingerprint density at radius 3 is 2.57 bits per heavy atom. The van der Waals surface area contributed by atoms with Crippen LogP contribution in [0.5, 0.6) is 0 Å². The van der Waals surface area contributed by atoms with E-state index in [1.807, 2.05) is 13.0 Å². The molecule has 0 aromatic rings. The van der Waals surface area contributed by atoms with Gasteiger partial charge in [0.15, 0.2) is 0 Å². The molecule has 0 aliphatic carbocycles. The molecule has 0 aliphatic rings. The maximum absolute atomic E-state index is 9.38. The number of hydrogen-bond acceptors (Lipinski definition) is 1.